The van der Waals surface area contributed by atoms with Crippen LogP contribution in [0.15, 0.2) is 47.4 Å². The highest BCUT2D eigenvalue weighted by molar-refractivity contribution is 7.92. The summed E-state index contributed by atoms with van der Waals surface area (Å²) < 4.78 is 26.6. The maximum absolute atomic E-state index is 12.2. The second-order valence-electron chi connectivity index (χ2n) is 4.64. The van der Waals surface area contributed by atoms with Crippen molar-refractivity contribution in [1.82, 2.24) is 0 Å². The molecule has 0 saturated heterocycles. The Morgan fingerprint density at radius 2 is 1.48 bits per heavy atom. The van der Waals surface area contributed by atoms with Crippen LogP contribution in [0, 0.1) is 27.2 Å². The minimum absolute atomic E-state index is 0.0240. The van der Waals surface area contributed by atoms with Gasteiger partial charge in [0.15, 0.2) is 0 Å². The van der Waals surface area contributed by atoms with Crippen LogP contribution in [-0.2, 0) is 10.0 Å². The van der Waals surface area contributed by atoms with Gasteiger partial charge in [-0.25, -0.2) is 8.42 Å². The first-order valence-corrected chi connectivity index (χ1v) is 7.71. The number of hydrogen-bond donors (Lipinski definition) is 1. The van der Waals surface area contributed by atoms with Crippen molar-refractivity contribution in [2.75, 3.05) is 4.72 Å². The molecule has 120 valence electrons. The van der Waals surface area contributed by atoms with Crippen LogP contribution in [-0.4, -0.2) is 18.3 Å². The van der Waals surface area contributed by atoms with E-state index in [4.69, 9.17) is 0 Å². The average Bonchev–Trinajstić information content (AvgIpc) is 2.46. The molecule has 0 heterocycles. The molecule has 23 heavy (non-hydrogen) atoms. The molecule has 0 spiro atoms. The number of hydrogen-bond acceptors (Lipinski definition) is 6. The number of sulfonamides is 1. The van der Waals surface area contributed by atoms with E-state index in [1.54, 1.807) is 19.1 Å². The zero-order valence-electron chi connectivity index (χ0n) is 11.8. The predicted molar refractivity (Wildman–Crippen MR) is 81.7 cm³/mol. The molecule has 2 rings (SSSR count). The molecule has 0 aliphatic heterocycles. The second kappa shape index (κ2) is 6.01. The number of rotatable bonds is 5. The number of benzene rings is 2. The van der Waals surface area contributed by atoms with E-state index in [1.165, 1.54) is 12.1 Å². The van der Waals surface area contributed by atoms with E-state index in [1.807, 2.05) is 0 Å². The van der Waals surface area contributed by atoms with Crippen LogP contribution in [0.3, 0.4) is 0 Å². The first-order valence-electron chi connectivity index (χ1n) is 6.23. The molecule has 0 radical (unpaired) electrons. The van der Waals surface area contributed by atoms with Crippen LogP contribution < -0.4 is 4.72 Å². The lowest BCUT2D eigenvalue weighted by Crippen LogP contribution is -2.13. The number of aryl methyl sites for hydroxylation is 1. The fraction of sp³-hybridized carbons (Fsp3) is 0.0769. The van der Waals surface area contributed by atoms with Crippen molar-refractivity contribution >= 4 is 27.1 Å². The number of nitrogens with one attached hydrogen (secondary N) is 1. The minimum Gasteiger partial charge on any atom is -0.279 e. The van der Waals surface area contributed by atoms with E-state index < -0.39 is 31.2 Å². The van der Waals surface area contributed by atoms with E-state index in [2.05, 4.69) is 4.72 Å². The molecule has 0 fully saturated rings. The van der Waals surface area contributed by atoms with Crippen LogP contribution in [0.25, 0.3) is 0 Å². The minimum atomic E-state index is -3.95. The maximum Gasteiger partial charge on any atom is 0.348 e. The molecule has 0 amide bonds. The Kier molecular flexibility index (Phi) is 4.27. The maximum atomic E-state index is 12.2. The SMILES string of the molecule is Cc1ccc(S(=O)(=O)Nc2ccc([N+](=O)[O-])c([N+](=O)[O-])c2)cc1. The van der Waals surface area contributed by atoms with Gasteiger partial charge >= 0.3 is 11.4 Å². The zero-order valence-corrected chi connectivity index (χ0v) is 12.6. The summed E-state index contributed by atoms with van der Waals surface area (Å²) in [6, 6.07) is 8.76. The van der Waals surface area contributed by atoms with Crippen molar-refractivity contribution in [1.29, 1.82) is 0 Å². The Balaban J connectivity index is 2.40. The van der Waals surface area contributed by atoms with E-state index in [9.17, 15) is 28.6 Å². The highest BCUT2D eigenvalue weighted by Gasteiger charge is 2.25. The van der Waals surface area contributed by atoms with Gasteiger partial charge in [-0.2, -0.15) is 0 Å². The highest BCUT2D eigenvalue weighted by Crippen LogP contribution is 2.30. The Labute approximate surface area is 130 Å². The van der Waals surface area contributed by atoms with Gasteiger partial charge in [0.05, 0.1) is 20.4 Å². The van der Waals surface area contributed by atoms with Crippen LogP contribution in [0.1, 0.15) is 5.56 Å². The third kappa shape index (κ3) is 3.61. The molecule has 0 aliphatic rings. The van der Waals surface area contributed by atoms with E-state index >= 15 is 0 Å². The molecular formula is C13H11N3O6S. The van der Waals surface area contributed by atoms with Gasteiger partial charge in [0, 0.05) is 12.1 Å². The van der Waals surface area contributed by atoms with Gasteiger partial charge in [-0.05, 0) is 25.1 Å². The molecule has 10 heteroatoms. The summed E-state index contributed by atoms with van der Waals surface area (Å²) in [7, 11) is -3.95. The van der Waals surface area contributed by atoms with Crippen molar-refractivity contribution < 1.29 is 18.3 Å². The van der Waals surface area contributed by atoms with E-state index in [0.717, 1.165) is 23.8 Å². The number of nitro benzene ring substituents is 2. The van der Waals surface area contributed by atoms with Crippen molar-refractivity contribution in [3.05, 3.63) is 68.3 Å². The molecule has 2 aromatic carbocycles. The van der Waals surface area contributed by atoms with Crippen molar-refractivity contribution in [2.45, 2.75) is 11.8 Å². The lowest BCUT2D eigenvalue weighted by molar-refractivity contribution is -0.422. The van der Waals surface area contributed by atoms with Crippen LogP contribution >= 0.6 is 0 Å². The number of nitrogens with zero attached hydrogens (tertiary/aromatic N) is 2. The average molecular weight is 337 g/mol. The number of anilines is 1. The summed E-state index contributed by atoms with van der Waals surface area (Å²) >= 11 is 0. The largest absolute Gasteiger partial charge is 0.348 e. The van der Waals surface area contributed by atoms with Gasteiger partial charge in [0.2, 0.25) is 0 Å². The third-order valence-electron chi connectivity index (χ3n) is 2.95. The molecule has 1 N–H and O–H groups in total. The second-order valence-corrected chi connectivity index (χ2v) is 6.32. The first kappa shape index (κ1) is 16.4. The van der Waals surface area contributed by atoms with Crippen LogP contribution in [0.4, 0.5) is 17.1 Å². The topological polar surface area (TPSA) is 132 Å². The van der Waals surface area contributed by atoms with E-state index in [-0.39, 0.29) is 10.6 Å². The first-order chi connectivity index (χ1) is 10.7. The van der Waals surface area contributed by atoms with E-state index in [0.29, 0.717) is 0 Å². The fourth-order valence-corrected chi connectivity index (χ4v) is 2.87. The summed E-state index contributed by atoms with van der Waals surface area (Å²) in [5.41, 5.74) is -0.773. The molecular weight excluding hydrogens is 326 g/mol. The standard InChI is InChI=1S/C13H11N3O6S/c1-9-2-5-11(6-3-9)23(21,22)14-10-4-7-12(15(17)18)13(8-10)16(19)20/h2-8,14H,1H3. The smallest absolute Gasteiger partial charge is 0.279 e. The van der Waals surface area contributed by atoms with Gasteiger partial charge in [-0.15, -0.1) is 0 Å². The van der Waals surface area contributed by atoms with Gasteiger partial charge < -0.3 is 0 Å². The Hall–Kier alpha value is -3.01. The predicted octanol–water partition coefficient (Wildman–Crippen LogP) is 2.61. The molecule has 0 saturated carbocycles. The molecule has 2 aromatic rings. The van der Waals surface area contributed by atoms with Gasteiger partial charge in [-0.1, -0.05) is 17.7 Å². The van der Waals surface area contributed by atoms with Crippen LogP contribution in [0.5, 0.6) is 0 Å². The van der Waals surface area contributed by atoms with Gasteiger partial charge in [-0.3, -0.25) is 25.0 Å². The monoisotopic (exact) mass is 337 g/mol. The Morgan fingerprint density at radius 1 is 0.913 bits per heavy atom. The molecule has 0 aromatic heterocycles. The summed E-state index contributed by atoms with van der Waals surface area (Å²) in [4.78, 5) is 19.7. The third-order valence-corrected chi connectivity index (χ3v) is 4.35. The summed E-state index contributed by atoms with van der Waals surface area (Å²) in [5, 5.41) is 21.6. The van der Waals surface area contributed by atoms with Crippen molar-refractivity contribution in [3.63, 3.8) is 0 Å². The van der Waals surface area contributed by atoms with Crippen LogP contribution in [0.2, 0.25) is 0 Å². The Bertz CT molecular complexity index is 877. The Morgan fingerprint density at radius 3 is 2.00 bits per heavy atom. The lowest BCUT2D eigenvalue weighted by Gasteiger charge is -2.08. The zero-order chi connectivity index (χ0) is 17.2. The summed E-state index contributed by atoms with van der Waals surface area (Å²) in [6.07, 6.45) is 0. The van der Waals surface area contributed by atoms with Gasteiger partial charge in [0.1, 0.15) is 0 Å². The van der Waals surface area contributed by atoms with Gasteiger partial charge in [0.25, 0.3) is 10.0 Å². The molecule has 0 aliphatic carbocycles. The van der Waals surface area contributed by atoms with Crippen molar-refractivity contribution in [2.24, 2.45) is 0 Å². The molecule has 0 atom stereocenters. The van der Waals surface area contributed by atoms with Crippen molar-refractivity contribution in [3.8, 4) is 0 Å². The molecule has 9 nitrogen and oxygen atoms in total. The summed E-state index contributed by atoms with van der Waals surface area (Å²) in [5.74, 6) is 0. The molecule has 0 unspecified atom stereocenters. The number of nitro groups is 2. The fourth-order valence-electron chi connectivity index (χ4n) is 1.82. The quantitative estimate of drug-likeness (QED) is 0.658. The highest BCUT2D eigenvalue weighted by atomic mass is 32.2. The summed E-state index contributed by atoms with van der Waals surface area (Å²) in [6.45, 7) is 1.80. The normalized spacial score (nSPS) is 11.0. The molecule has 0 bridgehead atoms. The lowest BCUT2D eigenvalue weighted by atomic mass is 10.2.